The molecule has 0 aromatic heterocycles. The van der Waals surface area contributed by atoms with E-state index >= 15 is 0 Å². The third kappa shape index (κ3) is 5.65. The highest BCUT2D eigenvalue weighted by Crippen LogP contribution is 2.23. The summed E-state index contributed by atoms with van der Waals surface area (Å²) in [6, 6.07) is 19.6. The molecular formula is C24H22N2O5S. The molecule has 0 fully saturated rings. The van der Waals surface area contributed by atoms with Crippen molar-refractivity contribution in [1.82, 2.24) is 0 Å². The summed E-state index contributed by atoms with van der Waals surface area (Å²) in [6.07, 6.45) is 0. The summed E-state index contributed by atoms with van der Waals surface area (Å²) in [4.78, 5) is 12.5. The summed E-state index contributed by atoms with van der Waals surface area (Å²) in [7, 11) is -3.93. The van der Waals surface area contributed by atoms with E-state index < -0.39 is 16.0 Å². The Balaban J connectivity index is 1.74. The second-order valence-corrected chi connectivity index (χ2v) is 8.58. The fraction of sp³-hybridized carbons (Fsp3) is 0.167. The van der Waals surface area contributed by atoms with Gasteiger partial charge in [0.2, 0.25) is 0 Å². The van der Waals surface area contributed by atoms with Gasteiger partial charge in [0.05, 0.1) is 28.7 Å². The van der Waals surface area contributed by atoms with Crippen LogP contribution < -0.4 is 9.46 Å². The highest BCUT2D eigenvalue weighted by atomic mass is 32.2. The van der Waals surface area contributed by atoms with Crippen molar-refractivity contribution in [3.63, 3.8) is 0 Å². The lowest BCUT2D eigenvalue weighted by Gasteiger charge is -2.12. The Bertz CT molecular complexity index is 1250. The van der Waals surface area contributed by atoms with Crippen LogP contribution in [0.2, 0.25) is 0 Å². The summed E-state index contributed by atoms with van der Waals surface area (Å²) in [5.41, 5.74) is 2.22. The van der Waals surface area contributed by atoms with E-state index in [0.29, 0.717) is 29.2 Å². The number of nitrogens with one attached hydrogen (secondary N) is 1. The van der Waals surface area contributed by atoms with Crippen molar-refractivity contribution >= 4 is 21.7 Å². The molecule has 0 amide bonds. The Morgan fingerprint density at radius 1 is 1.03 bits per heavy atom. The Kier molecular flexibility index (Phi) is 7.13. The normalized spacial score (nSPS) is 10.8. The summed E-state index contributed by atoms with van der Waals surface area (Å²) in [5, 5.41) is 8.84. The van der Waals surface area contributed by atoms with Gasteiger partial charge in [0.1, 0.15) is 12.4 Å². The Morgan fingerprint density at radius 2 is 1.72 bits per heavy atom. The first-order valence-electron chi connectivity index (χ1n) is 9.85. The molecule has 164 valence electrons. The number of aryl methyl sites for hydroxylation is 1. The van der Waals surface area contributed by atoms with Crippen molar-refractivity contribution in [3.05, 3.63) is 89.0 Å². The van der Waals surface area contributed by atoms with Crippen LogP contribution >= 0.6 is 0 Å². The largest absolute Gasteiger partial charge is 0.494 e. The maximum absolute atomic E-state index is 12.9. The molecule has 0 aliphatic heterocycles. The predicted octanol–water partition coefficient (Wildman–Crippen LogP) is 4.42. The average molecular weight is 451 g/mol. The Hall–Kier alpha value is -3.83. The molecule has 8 heteroatoms. The quantitative estimate of drug-likeness (QED) is 0.509. The lowest BCUT2D eigenvalue weighted by Crippen LogP contribution is -2.15. The van der Waals surface area contributed by atoms with Crippen molar-refractivity contribution in [2.45, 2.75) is 25.3 Å². The molecule has 7 nitrogen and oxygen atoms in total. The number of benzene rings is 3. The number of hydrogen-bond donors (Lipinski definition) is 1. The van der Waals surface area contributed by atoms with Gasteiger partial charge >= 0.3 is 5.97 Å². The van der Waals surface area contributed by atoms with Crippen molar-refractivity contribution < 1.29 is 22.7 Å². The number of nitrogens with zero attached hydrogens (tertiary/aromatic N) is 1. The zero-order valence-corrected chi connectivity index (χ0v) is 18.5. The summed E-state index contributed by atoms with van der Waals surface area (Å²) in [6.45, 7) is 4.03. The van der Waals surface area contributed by atoms with Gasteiger partial charge in [0, 0.05) is 5.69 Å². The third-order valence-corrected chi connectivity index (χ3v) is 6.11. The molecule has 0 radical (unpaired) electrons. The second-order valence-electron chi connectivity index (χ2n) is 6.93. The molecule has 3 aromatic rings. The van der Waals surface area contributed by atoms with E-state index in [1.54, 1.807) is 61.5 Å². The van der Waals surface area contributed by atoms with Crippen LogP contribution in [0.4, 0.5) is 5.69 Å². The molecule has 0 saturated carbocycles. The van der Waals surface area contributed by atoms with Crippen LogP contribution in [0.5, 0.6) is 5.75 Å². The number of carbonyl (C=O) groups excluding carboxylic acids is 1. The van der Waals surface area contributed by atoms with Crippen LogP contribution in [-0.4, -0.2) is 21.0 Å². The predicted molar refractivity (Wildman–Crippen MR) is 120 cm³/mol. The number of anilines is 1. The highest BCUT2D eigenvalue weighted by molar-refractivity contribution is 7.92. The molecule has 0 aliphatic rings. The van der Waals surface area contributed by atoms with Gasteiger partial charge in [-0.05, 0) is 73.5 Å². The lowest BCUT2D eigenvalue weighted by atomic mass is 10.1. The second kappa shape index (κ2) is 9.98. The van der Waals surface area contributed by atoms with Gasteiger partial charge in [0.25, 0.3) is 10.0 Å². The summed E-state index contributed by atoms with van der Waals surface area (Å²) >= 11 is 0. The number of sulfonamides is 1. The molecule has 3 aromatic carbocycles. The molecule has 1 N–H and O–H groups in total. The van der Waals surface area contributed by atoms with Gasteiger partial charge in [-0.15, -0.1) is 0 Å². The number of hydrogen-bond acceptors (Lipinski definition) is 6. The standard InChI is InChI=1S/C24H22N2O5S/c1-3-30-22-12-10-21(11-13-22)26-32(28,29)23-14-20(9-4-17(23)2)24(27)31-16-19-7-5-18(15-25)6-8-19/h4-14,26H,3,16H2,1-2H3. The van der Waals surface area contributed by atoms with E-state index in [4.69, 9.17) is 14.7 Å². The topological polar surface area (TPSA) is 105 Å². The van der Waals surface area contributed by atoms with Crippen molar-refractivity contribution in [1.29, 1.82) is 5.26 Å². The van der Waals surface area contributed by atoms with Crippen molar-refractivity contribution in [2.75, 3.05) is 11.3 Å². The number of carbonyl (C=O) groups is 1. The van der Waals surface area contributed by atoms with Crippen LogP contribution in [-0.2, 0) is 21.4 Å². The van der Waals surface area contributed by atoms with E-state index in [-0.39, 0.29) is 17.1 Å². The average Bonchev–Trinajstić information content (AvgIpc) is 2.79. The van der Waals surface area contributed by atoms with Gasteiger partial charge in [-0.3, -0.25) is 4.72 Å². The first kappa shape index (κ1) is 22.8. The molecule has 0 spiro atoms. The van der Waals surface area contributed by atoms with Gasteiger partial charge in [-0.2, -0.15) is 5.26 Å². The molecular weight excluding hydrogens is 428 g/mol. The van der Waals surface area contributed by atoms with E-state index in [1.807, 2.05) is 13.0 Å². The number of ether oxygens (including phenoxy) is 2. The Morgan fingerprint density at radius 3 is 2.34 bits per heavy atom. The van der Waals surface area contributed by atoms with E-state index in [2.05, 4.69) is 4.72 Å². The van der Waals surface area contributed by atoms with Gasteiger partial charge < -0.3 is 9.47 Å². The maximum atomic E-state index is 12.9. The SMILES string of the molecule is CCOc1ccc(NS(=O)(=O)c2cc(C(=O)OCc3ccc(C#N)cc3)ccc2C)cc1. The van der Waals surface area contributed by atoms with Crippen LogP contribution in [0.1, 0.15) is 34.0 Å². The highest BCUT2D eigenvalue weighted by Gasteiger charge is 2.20. The van der Waals surface area contributed by atoms with Gasteiger partial charge in [0.15, 0.2) is 0 Å². The zero-order valence-electron chi connectivity index (χ0n) is 17.7. The minimum absolute atomic E-state index is 0.00489. The van der Waals surface area contributed by atoms with Crippen molar-refractivity contribution in [3.8, 4) is 11.8 Å². The first-order valence-corrected chi connectivity index (χ1v) is 11.3. The number of rotatable bonds is 8. The van der Waals surface area contributed by atoms with Gasteiger partial charge in [-0.25, -0.2) is 13.2 Å². The number of esters is 1. The molecule has 0 unspecified atom stereocenters. The summed E-state index contributed by atoms with van der Waals surface area (Å²) < 4.78 is 39.0. The fourth-order valence-corrected chi connectivity index (χ4v) is 4.25. The monoisotopic (exact) mass is 450 g/mol. The molecule has 32 heavy (non-hydrogen) atoms. The van der Waals surface area contributed by atoms with E-state index in [9.17, 15) is 13.2 Å². The molecule has 0 heterocycles. The fourth-order valence-electron chi connectivity index (χ4n) is 2.92. The Labute approximate surface area is 187 Å². The maximum Gasteiger partial charge on any atom is 0.338 e. The molecule has 0 aliphatic carbocycles. The van der Waals surface area contributed by atoms with Gasteiger partial charge in [-0.1, -0.05) is 18.2 Å². The van der Waals surface area contributed by atoms with Crippen LogP contribution in [0, 0.1) is 18.3 Å². The van der Waals surface area contributed by atoms with Crippen LogP contribution in [0.25, 0.3) is 0 Å². The smallest absolute Gasteiger partial charge is 0.338 e. The van der Waals surface area contributed by atoms with Crippen LogP contribution in [0.3, 0.4) is 0 Å². The number of nitriles is 1. The molecule has 0 atom stereocenters. The molecule has 0 bridgehead atoms. The summed E-state index contributed by atoms with van der Waals surface area (Å²) in [5.74, 6) is -0.00879. The zero-order chi connectivity index (χ0) is 23.1. The minimum atomic E-state index is -3.93. The van der Waals surface area contributed by atoms with E-state index in [0.717, 1.165) is 5.56 Å². The molecule has 0 saturated heterocycles. The minimum Gasteiger partial charge on any atom is -0.494 e. The molecule has 3 rings (SSSR count). The third-order valence-electron chi connectivity index (χ3n) is 4.58. The van der Waals surface area contributed by atoms with Crippen molar-refractivity contribution in [2.24, 2.45) is 0 Å². The van der Waals surface area contributed by atoms with E-state index in [1.165, 1.54) is 12.1 Å². The lowest BCUT2D eigenvalue weighted by molar-refractivity contribution is 0.0472. The first-order chi connectivity index (χ1) is 15.3. The van der Waals surface area contributed by atoms with Crippen LogP contribution in [0.15, 0.2) is 71.6 Å².